The van der Waals surface area contributed by atoms with E-state index in [4.69, 9.17) is 20.4 Å². The molecule has 10 aromatic rings. The molecule has 4 amide bonds. The number of carboxylic acids is 4. The van der Waals surface area contributed by atoms with E-state index in [1.807, 2.05) is 97.1 Å². The Morgan fingerprint density at radius 3 is 0.663 bits per heavy atom. The smallest absolute Gasteiger partial charge is 0.328 e. The zero-order valence-electron chi connectivity index (χ0n) is 45.3. The van der Waals surface area contributed by atoms with Gasteiger partial charge >= 0.3 is 23.9 Å². The van der Waals surface area contributed by atoms with Crippen LogP contribution in [-0.4, -0.2) is 67.9 Å². The molecule has 10 aromatic carbocycles. The second-order valence-electron chi connectivity index (χ2n) is 20.0. The average Bonchev–Trinajstić information content (AvgIpc) is 1.72. The van der Waals surface area contributed by atoms with Crippen molar-refractivity contribution in [1.82, 2.24) is 0 Å². The Morgan fingerprint density at radius 1 is 0.244 bits per heavy atom. The minimum Gasteiger partial charge on any atom is -0.478 e. The van der Waals surface area contributed by atoms with Crippen molar-refractivity contribution in [1.29, 1.82) is 0 Å². The molecule has 0 atom stereocenters. The number of anilines is 4. The molecular weight excluding hydrogens is 1090 g/mol. The summed E-state index contributed by atoms with van der Waals surface area (Å²) >= 11 is 0. The number of nitrogens with one attached hydrogen (secondary N) is 4. The molecule has 10 rings (SSSR count). The lowest BCUT2D eigenvalue weighted by atomic mass is 9.82. The largest absolute Gasteiger partial charge is 0.478 e. The molecule has 0 aromatic heterocycles. The number of carboxylic acid groups (broad SMARTS) is 4. The lowest BCUT2D eigenvalue weighted by Crippen LogP contribution is -2.08. The second-order valence-corrected chi connectivity index (χ2v) is 20.0. The Kier molecular flexibility index (Phi) is 16.9. The summed E-state index contributed by atoms with van der Waals surface area (Å²) in [6.07, 6.45) is 6.90. The third-order valence-corrected chi connectivity index (χ3v) is 14.2. The first-order chi connectivity index (χ1) is 41.5. The molecule has 0 aliphatic carbocycles. The molecular formula is C70H50N4O12. The van der Waals surface area contributed by atoms with Crippen molar-refractivity contribution in [3.05, 3.63) is 276 Å². The number of aliphatic carboxylic acids is 4. The molecule has 0 aliphatic rings. The molecule has 0 unspecified atom stereocenters. The molecule has 0 radical (unpaired) electrons. The lowest BCUT2D eigenvalue weighted by Gasteiger charge is -2.22. The van der Waals surface area contributed by atoms with Gasteiger partial charge in [-0.3, -0.25) is 19.2 Å². The number of hydrogen-bond acceptors (Lipinski definition) is 8. The van der Waals surface area contributed by atoms with Gasteiger partial charge in [-0.25, -0.2) is 19.2 Å². The van der Waals surface area contributed by atoms with Gasteiger partial charge in [-0.2, -0.15) is 0 Å². The van der Waals surface area contributed by atoms with E-state index in [1.54, 1.807) is 24.3 Å². The van der Waals surface area contributed by atoms with Crippen molar-refractivity contribution in [2.45, 2.75) is 11.8 Å². The first-order valence-corrected chi connectivity index (χ1v) is 26.7. The van der Waals surface area contributed by atoms with Gasteiger partial charge in [0.25, 0.3) is 0 Å². The van der Waals surface area contributed by atoms with Crippen LogP contribution in [-0.2, 0) is 38.4 Å². The van der Waals surface area contributed by atoms with Crippen molar-refractivity contribution in [3.63, 3.8) is 0 Å². The molecule has 0 bridgehead atoms. The lowest BCUT2D eigenvalue weighted by molar-refractivity contribution is -0.132. The highest BCUT2D eigenvalue weighted by Crippen LogP contribution is 2.40. The molecule has 0 aliphatic heterocycles. The summed E-state index contributed by atoms with van der Waals surface area (Å²) in [5.41, 5.74) is 9.83. The number of rotatable bonds is 19. The molecule has 16 heteroatoms. The summed E-state index contributed by atoms with van der Waals surface area (Å²) in [5, 5.41) is 53.7. The number of carbonyl (C=O) groups is 8. The maximum Gasteiger partial charge on any atom is 0.328 e. The number of hydrogen-bond donors (Lipinski definition) is 8. The molecule has 0 spiro atoms. The zero-order valence-corrected chi connectivity index (χ0v) is 45.3. The van der Waals surface area contributed by atoms with Gasteiger partial charge in [0.2, 0.25) is 23.6 Å². The van der Waals surface area contributed by atoms with Gasteiger partial charge in [0.15, 0.2) is 0 Å². The number of amides is 4. The van der Waals surface area contributed by atoms with Crippen LogP contribution >= 0.6 is 0 Å². The Morgan fingerprint density at radius 2 is 0.442 bits per heavy atom. The van der Waals surface area contributed by atoms with Crippen LogP contribution in [0.25, 0.3) is 54.2 Å². The van der Waals surface area contributed by atoms with Crippen LogP contribution in [0.3, 0.4) is 0 Å². The van der Waals surface area contributed by atoms with E-state index in [1.165, 1.54) is 0 Å². The van der Waals surface area contributed by atoms with Gasteiger partial charge in [0, 0.05) is 83.2 Å². The Hall–Kier alpha value is -12.0. The van der Waals surface area contributed by atoms with Crippen molar-refractivity contribution < 1.29 is 58.8 Å². The summed E-state index contributed by atoms with van der Waals surface area (Å²) in [6.45, 7) is 0. The first-order valence-electron chi connectivity index (χ1n) is 26.7. The molecule has 86 heavy (non-hydrogen) atoms. The molecule has 0 fully saturated rings. The van der Waals surface area contributed by atoms with E-state index in [0.717, 1.165) is 136 Å². The summed E-state index contributed by atoms with van der Waals surface area (Å²) in [7, 11) is 0. The van der Waals surface area contributed by atoms with Crippen LogP contribution in [0.1, 0.15) is 45.2 Å². The van der Waals surface area contributed by atoms with Gasteiger partial charge in [-0.05, 0) is 136 Å². The van der Waals surface area contributed by atoms with Gasteiger partial charge in [-0.15, -0.1) is 0 Å². The maximum atomic E-state index is 12.4. The minimum atomic E-state index is -1.23. The molecule has 8 N–H and O–H groups in total. The fourth-order valence-corrected chi connectivity index (χ4v) is 10.3. The van der Waals surface area contributed by atoms with Gasteiger partial charge < -0.3 is 41.7 Å². The predicted octanol–water partition coefficient (Wildman–Crippen LogP) is 12.6. The van der Waals surface area contributed by atoms with Crippen LogP contribution in [0, 0.1) is 0 Å². The molecule has 0 saturated carbocycles. The van der Waals surface area contributed by atoms with E-state index >= 15 is 0 Å². The molecule has 0 saturated heterocycles. The van der Waals surface area contributed by atoms with Crippen LogP contribution in [0.4, 0.5) is 22.7 Å². The van der Waals surface area contributed by atoms with Crippen LogP contribution in [0.5, 0.6) is 0 Å². The van der Waals surface area contributed by atoms with Gasteiger partial charge in [0.05, 0.1) is 0 Å². The van der Waals surface area contributed by atoms with Crippen molar-refractivity contribution >= 4 is 113 Å². The highest BCUT2D eigenvalue weighted by Gasteiger charge is 2.22. The maximum absolute atomic E-state index is 12.4. The predicted molar refractivity (Wildman–Crippen MR) is 331 cm³/mol. The Labute approximate surface area is 490 Å². The Balaban J connectivity index is 0.979. The number of fused-ring (bicyclic) bond motifs is 4. The third kappa shape index (κ3) is 14.2. The minimum absolute atomic E-state index is 0.274. The summed E-state index contributed by atoms with van der Waals surface area (Å²) < 4.78 is 0. The van der Waals surface area contributed by atoms with Crippen LogP contribution < -0.4 is 21.3 Å². The average molecular weight is 1140 g/mol. The fourth-order valence-electron chi connectivity index (χ4n) is 10.3. The van der Waals surface area contributed by atoms with Crippen LogP contribution in [0.2, 0.25) is 0 Å². The third-order valence-electron chi connectivity index (χ3n) is 14.2. The fraction of sp³-hybridized carbons (Fsp3) is 0.0286. The molecule has 422 valence electrons. The highest BCUT2D eigenvalue weighted by atomic mass is 16.4. The molecule has 16 nitrogen and oxygen atoms in total. The van der Waals surface area contributed by atoms with E-state index in [0.29, 0.717) is 22.7 Å². The highest BCUT2D eigenvalue weighted by molar-refractivity contribution is 6.06. The van der Waals surface area contributed by atoms with E-state index in [-0.39, 0.29) is 11.8 Å². The summed E-state index contributed by atoms with van der Waals surface area (Å²) in [4.78, 5) is 93.6. The van der Waals surface area contributed by atoms with Gasteiger partial charge in [-0.1, -0.05) is 146 Å². The molecule has 0 heterocycles. The summed E-state index contributed by atoms with van der Waals surface area (Å²) in [5.74, 6) is -7.79. The van der Waals surface area contributed by atoms with E-state index in [9.17, 15) is 38.4 Å². The normalized spacial score (nSPS) is 11.6. The zero-order chi connectivity index (χ0) is 60.4. The van der Waals surface area contributed by atoms with E-state index in [2.05, 4.69) is 94.1 Å². The number of carbonyl (C=O) groups excluding carboxylic acids is 4. The SMILES string of the molecule is O=C(O)/C=C/C(=O)Nc1ccc2cc(C(c3ccc(-c4ccc(C(c5ccc6cc(NC(=O)/C=C/C(=O)O)ccc6c5)c5ccc6cc(NC(=O)/C=C/C(=O)O)ccc6c5)cc4)cc3)c3ccc4cc(NC(=O)/C=C/C(=O)O)ccc4c3)ccc2c1. The summed E-state index contributed by atoms with van der Waals surface area (Å²) in [6, 6.07) is 63.1. The van der Waals surface area contributed by atoms with Crippen molar-refractivity contribution in [3.8, 4) is 11.1 Å². The van der Waals surface area contributed by atoms with E-state index < -0.39 is 47.5 Å². The van der Waals surface area contributed by atoms with Crippen molar-refractivity contribution in [2.75, 3.05) is 21.3 Å². The topological polar surface area (TPSA) is 266 Å². The first kappa shape index (κ1) is 57.2. The van der Waals surface area contributed by atoms with Crippen molar-refractivity contribution in [2.24, 2.45) is 0 Å². The Bertz CT molecular complexity index is 4000. The quantitative estimate of drug-likeness (QED) is 0.0278. The monoisotopic (exact) mass is 1140 g/mol. The second kappa shape index (κ2) is 25.4. The standard InChI is InChI=1S/C70H50N4O12/c75-61(25-29-65(79)80)71-57-21-17-45-33-53(13-9-49(45)37-57)69(54-14-10-50-38-58(22-18-46(50)34-54)72-62(76)26-30-66(81)82)43-5-1-41(2-6-43)42-3-7-44(8-4-42)70(55-15-11-51-39-59(23-19-47(51)35-55)73-63(77)27-31-67(83)84)56-16-12-52-40-60(24-20-48(52)36-56)74-64(78)28-32-68(85)86/h1-40,69-70H,(H,71,75)(H,72,76)(H,73,77)(H,74,78)(H,79,80)(H,81,82)(H,83,84)(H,85,86)/b29-25+,30-26+,31-27+,32-28+. The number of benzene rings is 10. The van der Waals surface area contributed by atoms with Gasteiger partial charge in [0.1, 0.15) is 0 Å². The van der Waals surface area contributed by atoms with Crippen LogP contribution in [0.15, 0.2) is 243 Å².